The van der Waals surface area contributed by atoms with Gasteiger partial charge in [-0.3, -0.25) is 4.79 Å². The molecular weight excluding hydrogens is 324 g/mol. The van der Waals surface area contributed by atoms with Gasteiger partial charge in [0.15, 0.2) is 0 Å². The van der Waals surface area contributed by atoms with Gasteiger partial charge < -0.3 is 16.2 Å². The lowest BCUT2D eigenvalue weighted by Gasteiger charge is -2.38. The number of nitrogens with zero attached hydrogens (tertiary/aromatic N) is 2. The normalized spacial score (nSPS) is 24.2. The van der Waals surface area contributed by atoms with Gasteiger partial charge in [0.05, 0.1) is 16.4 Å². The van der Waals surface area contributed by atoms with Crippen LogP contribution in [-0.4, -0.2) is 33.6 Å². The average Bonchev–Trinajstić information content (AvgIpc) is 2.85. The number of nitrogens with one attached hydrogen (secondary N) is 1. The number of nitrogen functional groups attached to an aromatic ring is 1. The van der Waals surface area contributed by atoms with Gasteiger partial charge >= 0.3 is 0 Å². The summed E-state index contributed by atoms with van der Waals surface area (Å²) in [7, 11) is 0. The van der Waals surface area contributed by atoms with Crippen molar-refractivity contribution in [1.82, 2.24) is 15.3 Å². The fourth-order valence-corrected chi connectivity index (χ4v) is 4.60. The van der Waals surface area contributed by atoms with Gasteiger partial charge in [-0.15, -0.1) is 11.3 Å². The van der Waals surface area contributed by atoms with E-state index in [-0.39, 0.29) is 17.4 Å². The number of carbonyl (C=O) groups excluding carboxylic acids is 1. The summed E-state index contributed by atoms with van der Waals surface area (Å²) in [6, 6.07) is 0. The van der Waals surface area contributed by atoms with Crippen LogP contribution in [0.15, 0.2) is 0 Å². The van der Waals surface area contributed by atoms with E-state index in [1.807, 2.05) is 13.8 Å². The molecule has 1 aliphatic carbocycles. The molecule has 2 aromatic rings. The number of anilines is 1. The summed E-state index contributed by atoms with van der Waals surface area (Å²) in [5.74, 6) is 0.887. The summed E-state index contributed by atoms with van der Waals surface area (Å²) >= 11 is 1.34. The molecule has 0 aliphatic heterocycles. The lowest BCUT2D eigenvalue weighted by molar-refractivity contribution is 0.00193. The van der Waals surface area contributed by atoms with Crippen LogP contribution in [0.1, 0.15) is 53.7 Å². The molecule has 2 aromatic heterocycles. The molecule has 0 aromatic carbocycles. The molecule has 0 radical (unpaired) electrons. The predicted octanol–water partition coefficient (Wildman–Crippen LogP) is 2.56. The fourth-order valence-electron chi connectivity index (χ4n) is 3.45. The van der Waals surface area contributed by atoms with Crippen LogP contribution in [0.2, 0.25) is 0 Å². The van der Waals surface area contributed by atoms with Crippen molar-refractivity contribution >= 4 is 33.3 Å². The van der Waals surface area contributed by atoms with E-state index in [1.165, 1.54) is 11.3 Å². The molecule has 24 heavy (non-hydrogen) atoms. The maximum atomic E-state index is 12.7. The number of carbonyl (C=O) groups is 1. The van der Waals surface area contributed by atoms with E-state index in [0.29, 0.717) is 23.1 Å². The minimum atomic E-state index is -0.362. The molecule has 1 saturated carbocycles. The number of rotatable bonds is 3. The number of amides is 1. The van der Waals surface area contributed by atoms with Crippen molar-refractivity contribution in [2.75, 3.05) is 12.3 Å². The summed E-state index contributed by atoms with van der Waals surface area (Å²) in [5, 5.41) is 14.0. The Morgan fingerprint density at radius 2 is 2.17 bits per heavy atom. The lowest BCUT2D eigenvalue weighted by atomic mass is 9.73. The molecule has 130 valence electrons. The summed E-state index contributed by atoms with van der Waals surface area (Å²) in [6.07, 6.45) is 3.52. The molecule has 7 heteroatoms. The number of hydrogen-bond donors (Lipinski definition) is 3. The molecule has 1 fully saturated rings. The maximum absolute atomic E-state index is 12.7. The Morgan fingerprint density at radius 3 is 2.88 bits per heavy atom. The molecule has 0 spiro atoms. The van der Waals surface area contributed by atoms with Crippen molar-refractivity contribution in [3.05, 3.63) is 16.3 Å². The van der Waals surface area contributed by atoms with E-state index in [2.05, 4.69) is 15.3 Å². The third-order valence-corrected chi connectivity index (χ3v) is 6.25. The Hall–Kier alpha value is -1.73. The third-order valence-electron chi connectivity index (χ3n) is 5.07. The second kappa shape index (κ2) is 6.29. The van der Waals surface area contributed by atoms with E-state index in [9.17, 15) is 9.90 Å². The van der Waals surface area contributed by atoms with Gasteiger partial charge in [-0.25, -0.2) is 9.97 Å². The maximum Gasteiger partial charge on any atom is 0.261 e. The number of hydrogen-bond acceptors (Lipinski definition) is 6. The molecule has 0 bridgehead atoms. The highest BCUT2D eigenvalue weighted by Gasteiger charge is 2.35. The highest BCUT2D eigenvalue weighted by atomic mass is 32.1. The predicted molar refractivity (Wildman–Crippen MR) is 96.2 cm³/mol. The van der Waals surface area contributed by atoms with Crippen molar-refractivity contribution in [3.63, 3.8) is 0 Å². The number of aliphatic hydroxyl groups is 1. The van der Waals surface area contributed by atoms with E-state index >= 15 is 0 Å². The van der Waals surface area contributed by atoms with Crippen LogP contribution in [0.4, 0.5) is 5.82 Å². The molecular formula is C17H24N4O2S. The van der Waals surface area contributed by atoms with Crippen LogP contribution in [0, 0.1) is 19.3 Å². The zero-order chi connectivity index (χ0) is 17.5. The highest BCUT2D eigenvalue weighted by Crippen LogP contribution is 2.36. The summed E-state index contributed by atoms with van der Waals surface area (Å²) in [5.41, 5.74) is 6.56. The van der Waals surface area contributed by atoms with Crippen molar-refractivity contribution in [3.8, 4) is 0 Å². The second-order valence-corrected chi connectivity index (χ2v) is 7.99. The number of fused-ring (bicyclic) bond motifs is 1. The molecule has 4 N–H and O–H groups in total. The molecule has 1 amide bonds. The van der Waals surface area contributed by atoms with Crippen LogP contribution in [0.3, 0.4) is 0 Å². The van der Waals surface area contributed by atoms with Crippen LogP contribution in [0.25, 0.3) is 10.2 Å². The van der Waals surface area contributed by atoms with Crippen LogP contribution in [0.5, 0.6) is 0 Å². The monoisotopic (exact) mass is 348 g/mol. The molecule has 3 rings (SSSR count). The van der Waals surface area contributed by atoms with Crippen LogP contribution >= 0.6 is 11.3 Å². The molecule has 2 atom stereocenters. The number of aryl methyl sites for hydroxylation is 2. The Kier molecular flexibility index (Phi) is 4.48. The third kappa shape index (κ3) is 2.98. The van der Waals surface area contributed by atoms with Gasteiger partial charge in [0.25, 0.3) is 5.91 Å². The van der Waals surface area contributed by atoms with E-state index in [4.69, 9.17) is 5.73 Å². The van der Waals surface area contributed by atoms with Gasteiger partial charge in [0.1, 0.15) is 16.5 Å². The Balaban J connectivity index is 1.82. The quantitative estimate of drug-likeness (QED) is 0.791. The summed E-state index contributed by atoms with van der Waals surface area (Å²) in [6.45, 7) is 6.18. The topological polar surface area (TPSA) is 101 Å². The van der Waals surface area contributed by atoms with Gasteiger partial charge in [0.2, 0.25) is 0 Å². The van der Waals surface area contributed by atoms with Crippen molar-refractivity contribution < 1.29 is 9.90 Å². The van der Waals surface area contributed by atoms with Gasteiger partial charge in [-0.1, -0.05) is 19.8 Å². The van der Waals surface area contributed by atoms with Gasteiger partial charge in [0, 0.05) is 12.0 Å². The molecule has 6 nitrogen and oxygen atoms in total. The minimum Gasteiger partial charge on any atom is -0.392 e. The molecule has 0 saturated heterocycles. The zero-order valence-electron chi connectivity index (χ0n) is 14.3. The first-order chi connectivity index (χ1) is 11.3. The van der Waals surface area contributed by atoms with E-state index in [1.54, 1.807) is 6.92 Å². The highest BCUT2D eigenvalue weighted by molar-refractivity contribution is 7.20. The van der Waals surface area contributed by atoms with Crippen molar-refractivity contribution in [1.29, 1.82) is 0 Å². The van der Waals surface area contributed by atoms with Crippen molar-refractivity contribution in [2.24, 2.45) is 5.41 Å². The molecule has 2 heterocycles. The Morgan fingerprint density at radius 1 is 1.42 bits per heavy atom. The number of thiophene rings is 1. The first kappa shape index (κ1) is 17.1. The van der Waals surface area contributed by atoms with E-state index in [0.717, 1.165) is 41.5 Å². The average molecular weight is 348 g/mol. The van der Waals surface area contributed by atoms with Crippen molar-refractivity contribution in [2.45, 2.75) is 52.6 Å². The summed E-state index contributed by atoms with van der Waals surface area (Å²) in [4.78, 5) is 22.6. The largest absolute Gasteiger partial charge is 0.392 e. The molecule has 2 unspecified atom stereocenters. The smallest absolute Gasteiger partial charge is 0.261 e. The van der Waals surface area contributed by atoms with Crippen LogP contribution < -0.4 is 11.1 Å². The lowest BCUT2D eigenvalue weighted by Crippen LogP contribution is -2.45. The fraction of sp³-hybridized carbons (Fsp3) is 0.588. The molecule has 1 aliphatic rings. The Bertz CT molecular complexity index is 788. The number of nitrogens with two attached hydrogens (primary N) is 1. The van der Waals surface area contributed by atoms with Gasteiger partial charge in [-0.05, 0) is 32.3 Å². The second-order valence-electron chi connectivity index (χ2n) is 6.99. The summed E-state index contributed by atoms with van der Waals surface area (Å²) < 4.78 is 0. The van der Waals surface area contributed by atoms with E-state index < -0.39 is 0 Å². The zero-order valence-corrected chi connectivity index (χ0v) is 15.2. The first-order valence-electron chi connectivity index (χ1n) is 8.31. The Labute approximate surface area is 145 Å². The van der Waals surface area contributed by atoms with Gasteiger partial charge in [-0.2, -0.15) is 0 Å². The number of aromatic nitrogens is 2. The standard InChI is InChI=1S/C17H24N4O2S/c1-9-12-14(18)20-10(2)21-16(12)24-13(9)15(23)19-8-17(3)7-5-4-6-11(17)22/h11,22H,4-8H2,1-3H3,(H,19,23)(H2,18,20,21). The SMILES string of the molecule is Cc1nc(N)c2c(C)c(C(=O)NCC3(C)CCCCC3O)sc2n1. The minimum absolute atomic E-state index is 0.133. The number of aliphatic hydroxyl groups excluding tert-OH is 1. The first-order valence-corrected chi connectivity index (χ1v) is 9.13. The van der Waals surface area contributed by atoms with Crippen LogP contribution in [-0.2, 0) is 0 Å².